The summed E-state index contributed by atoms with van der Waals surface area (Å²) in [4.78, 5) is 34.3. The molecule has 0 aromatic heterocycles. The van der Waals surface area contributed by atoms with E-state index < -0.39 is 16.8 Å². The number of aryl methyl sites for hydroxylation is 1. The zero-order valence-corrected chi connectivity index (χ0v) is 11.5. The monoisotopic (exact) mass is 280 g/mol. The molecule has 1 unspecified atom stereocenters. The predicted octanol–water partition coefficient (Wildman–Crippen LogP) is 1.70. The highest BCUT2D eigenvalue weighted by molar-refractivity contribution is 5.96. The van der Waals surface area contributed by atoms with Gasteiger partial charge in [0.1, 0.15) is 0 Å². The highest BCUT2D eigenvalue weighted by atomic mass is 16.6. The van der Waals surface area contributed by atoms with Crippen molar-refractivity contribution in [3.8, 4) is 0 Å². The van der Waals surface area contributed by atoms with Crippen molar-refractivity contribution in [2.45, 2.75) is 13.8 Å². The number of nitrogens with zero attached hydrogens (tertiary/aromatic N) is 2. The minimum atomic E-state index is -0.981. The van der Waals surface area contributed by atoms with Crippen molar-refractivity contribution in [3.63, 3.8) is 0 Å². The number of nitro benzene ring substituents is 1. The van der Waals surface area contributed by atoms with Gasteiger partial charge in [-0.15, -0.1) is 0 Å². The summed E-state index contributed by atoms with van der Waals surface area (Å²) in [7, 11) is 1.50. The Morgan fingerprint density at radius 2 is 2.05 bits per heavy atom. The molecule has 0 fully saturated rings. The van der Waals surface area contributed by atoms with Crippen molar-refractivity contribution in [2.24, 2.45) is 5.92 Å². The van der Waals surface area contributed by atoms with E-state index in [1.165, 1.54) is 37.1 Å². The number of non-ortho nitro benzene ring substituents is 1. The summed E-state index contributed by atoms with van der Waals surface area (Å²) in [6.45, 7) is 3.19. The molecule has 7 nitrogen and oxygen atoms in total. The molecule has 0 saturated heterocycles. The zero-order valence-electron chi connectivity index (χ0n) is 11.5. The van der Waals surface area contributed by atoms with Crippen LogP contribution in [0.25, 0.3) is 0 Å². The number of rotatable bonds is 5. The lowest BCUT2D eigenvalue weighted by molar-refractivity contribution is -0.384. The van der Waals surface area contributed by atoms with Crippen LogP contribution < -0.4 is 0 Å². The first-order chi connectivity index (χ1) is 9.23. The third kappa shape index (κ3) is 3.53. The molecule has 20 heavy (non-hydrogen) atoms. The van der Waals surface area contributed by atoms with Crippen LogP contribution in [0.3, 0.4) is 0 Å². The fourth-order valence-electron chi connectivity index (χ4n) is 1.78. The second-order valence-electron chi connectivity index (χ2n) is 4.68. The highest BCUT2D eigenvalue weighted by Crippen LogP contribution is 2.18. The first-order valence-corrected chi connectivity index (χ1v) is 5.97. The summed E-state index contributed by atoms with van der Waals surface area (Å²) >= 11 is 0. The van der Waals surface area contributed by atoms with E-state index in [4.69, 9.17) is 5.11 Å². The number of carboxylic acids is 1. The van der Waals surface area contributed by atoms with E-state index in [9.17, 15) is 19.7 Å². The minimum Gasteiger partial charge on any atom is -0.481 e. The first kappa shape index (κ1) is 15.6. The van der Waals surface area contributed by atoms with E-state index in [1.807, 2.05) is 0 Å². The number of hydrogen-bond donors (Lipinski definition) is 1. The van der Waals surface area contributed by atoms with Crippen molar-refractivity contribution < 1.29 is 19.6 Å². The molecule has 0 bridgehead atoms. The van der Waals surface area contributed by atoms with E-state index in [0.717, 1.165) is 0 Å². The number of aliphatic carboxylic acids is 1. The largest absolute Gasteiger partial charge is 0.481 e. The minimum absolute atomic E-state index is 0.0740. The van der Waals surface area contributed by atoms with E-state index in [2.05, 4.69) is 0 Å². The fourth-order valence-corrected chi connectivity index (χ4v) is 1.78. The predicted molar refractivity (Wildman–Crippen MR) is 71.6 cm³/mol. The molecular weight excluding hydrogens is 264 g/mol. The van der Waals surface area contributed by atoms with Crippen molar-refractivity contribution >= 4 is 17.6 Å². The summed E-state index contributed by atoms with van der Waals surface area (Å²) < 4.78 is 0. The summed E-state index contributed by atoms with van der Waals surface area (Å²) in [5, 5.41) is 19.5. The molecule has 1 amide bonds. The molecule has 7 heteroatoms. The van der Waals surface area contributed by atoms with Crippen LogP contribution in [0.2, 0.25) is 0 Å². The Kier molecular flexibility index (Phi) is 4.79. The maximum absolute atomic E-state index is 12.2. The van der Waals surface area contributed by atoms with Crippen molar-refractivity contribution in [3.05, 3.63) is 39.4 Å². The Morgan fingerprint density at radius 3 is 2.50 bits per heavy atom. The first-order valence-electron chi connectivity index (χ1n) is 5.97. The van der Waals surface area contributed by atoms with Gasteiger partial charge in [-0.25, -0.2) is 0 Å². The maximum atomic E-state index is 12.2. The third-order valence-electron chi connectivity index (χ3n) is 2.97. The fraction of sp³-hybridized carbons (Fsp3) is 0.385. The van der Waals surface area contributed by atoms with Crippen LogP contribution >= 0.6 is 0 Å². The van der Waals surface area contributed by atoms with Gasteiger partial charge in [0.25, 0.3) is 11.6 Å². The molecule has 108 valence electrons. The quantitative estimate of drug-likeness (QED) is 0.653. The number of carbonyl (C=O) groups is 2. The van der Waals surface area contributed by atoms with Gasteiger partial charge in [-0.3, -0.25) is 19.7 Å². The van der Waals surface area contributed by atoms with Crippen molar-refractivity contribution in [1.29, 1.82) is 0 Å². The standard InChI is InChI=1S/C13H16N2O5/c1-8-6-10(15(19)20)4-5-11(8)12(16)14(3)7-9(2)13(17)18/h4-6,9H,7H2,1-3H3,(H,17,18). The number of nitro groups is 1. The van der Waals surface area contributed by atoms with E-state index in [1.54, 1.807) is 6.92 Å². The Labute approximate surface area is 116 Å². The highest BCUT2D eigenvalue weighted by Gasteiger charge is 2.20. The molecule has 0 aliphatic rings. The van der Waals surface area contributed by atoms with Crippen LogP contribution in [-0.4, -0.2) is 40.4 Å². The Bertz CT molecular complexity index is 556. The van der Waals surface area contributed by atoms with Gasteiger partial charge in [0.2, 0.25) is 0 Å². The van der Waals surface area contributed by atoms with Gasteiger partial charge in [-0.1, -0.05) is 6.92 Å². The molecule has 0 aliphatic carbocycles. The summed E-state index contributed by atoms with van der Waals surface area (Å²) in [5.74, 6) is -2.02. The van der Waals surface area contributed by atoms with Gasteiger partial charge in [-0.2, -0.15) is 0 Å². The lowest BCUT2D eigenvalue weighted by Gasteiger charge is -2.20. The van der Waals surface area contributed by atoms with Gasteiger partial charge >= 0.3 is 5.97 Å². The molecule has 0 radical (unpaired) electrons. The van der Waals surface area contributed by atoms with E-state index in [-0.39, 0.29) is 18.1 Å². The summed E-state index contributed by atoms with van der Waals surface area (Å²) in [6.07, 6.45) is 0. The van der Waals surface area contributed by atoms with Gasteiger partial charge in [0.05, 0.1) is 10.8 Å². The topological polar surface area (TPSA) is 101 Å². The molecule has 0 aliphatic heterocycles. The van der Waals surface area contributed by atoms with Gasteiger partial charge in [0.15, 0.2) is 0 Å². The van der Waals surface area contributed by atoms with Crippen LogP contribution in [-0.2, 0) is 4.79 Å². The van der Waals surface area contributed by atoms with Crippen molar-refractivity contribution in [1.82, 2.24) is 4.90 Å². The molecule has 1 aromatic carbocycles. The lowest BCUT2D eigenvalue weighted by atomic mass is 10.1. The van der Waals surface area contributed by atoms with Crippen LogP contribution in [0.15, 0.2) is 18.2 Å². The van der Waals surface area contributed by atoms with E-state index >= 15 is 0 Å². The second-order valence-corrected chi connectivity index (χ2v) is 4.68. The Balaban J connectivity index is 2.92. The molecule has 0 spiro atoms. The van der Waals surface area contributed by atoms with Crippen molar-refractivity contribution in [2.75, 3.05) is 13.6 Å². The molecule has 1 atom stereocenters. The van der Waals surface area contributed by atoms with Gasteiger partial charge < -0.3 is 10.0 Å². The van der Waals surface area contributed by atoms with Crippen LogP contribution in [0.4, 0.5) is 5.69 Å². The average molecular weight is 280 g/mol. The van der Waals surface area contributed by atoms with Crippen LogP contribution in [0, 0.1) is 23.0 Å². The summed E-state index contributed by atoms with van der Waals surface area (Å²) in [6, 6.07) is 3.97. The smallest absolute Gasteiger partial charge is 0.308 e. The summed E-state index contributed by atoms with van der Waals surface area (Å²) in [5.41, 5.74) is 0.732. The van der Waals surface area contributed by atoms with Gasteiger partial charge in [-0.05, 0) is 18.6 Å². The number of carboxylic acid groups (broad SMARTS) is 1. The number of benzene rings is 1. The maximum Gasteiger partial charge on any atom is 0.308 e. The van der Waals surface area contributed by atoms with E-state index in [0.29, 0.717) is 11.1 Å². The van der Waals surface area contributed by atoms with Crippen LogP contribution in [0.1, 0.15) is 22.8 Å². The van der Waals surface area contributed by atoms with Crippen LogP contribution in [0.5, 0.6) is 0 Å². The molecule has 0 saturated carbocycles. The normalized spacial score (nSPS) is 11.8. The SMILES string of the molecule is Cc1cc([N+](=O)[O-])ccc1C(=O)N(C)CC(C)C(=O)O. The molecule has 1 rings (SSSR count). The molecule has 1 N–H and O–H groups in total. The third-order valence-corrected chi connectivity index (χ3v) is 2.97. The molecule has 1 aromatic rings. The Hall–Kier alpha value is -2.44. The van der Waals surface area contributed by atoms with Gasteiger partial charge in [0, 0.05) is 31.3 Å². The second kappa shape index (κ2) is 6.14. The zero-order chi connectivity index (χ0) is 15.4. The number of carbonyl (C=O) groups excluding carboxylic acids is 1. The molecular formula is C13H16N2O5. The number of amides is 1. The Morgan fingerprint density at radius 1 is 1.45 bits per heavy atom. The lowest BCUT2D eigenvalue weighted by Crippen LogP contribution is -2.34. The molecule has 0 heterocycles. The average Bonchev–Trinajstić information content (AvgIpc) is 2.37. The number of hydrogen-bond acceptors (Lipinski definition) is 4.